The van der Waals surface area contributed by atoms with Gasteiger partial charge >= 0.3 is 0 Å². The second-order valence-corrected chi connectivity index (χ2v) is 7.69. The molecule has 0 aromatic heterocycles. The van der Waals surface area contributed by atoms with E-state index in [1.54, 1.807) is 27.9 Å². The topological polar surface area (TPSA) is 53.0 Å². The third-order valence-electron chi connectivity index (χ3n) is 3.30. The van der Waals surface area contributed by atoms with Crippen molar-refractivity contribution >= 4 is 27.3 Å². The molecule has 5 nitrogen and oxygen atoms in total. The average molecular weight is 326 g/mol. The number of hydrogen-bond donors (Lipinski definition) is 0. The molecule has 7 heteroatoms. The predicted molar refractivity (Wildman–Crippen MR) is 86.7 cm³/mol. The van der Waals surface area contributed by atoms with Gasteiger partial charge in [-0.15, -0.1) is 11.6 Å². The molecule has 0 heterocycles. The van der Waals surface area contributed by atoms with E-state index in [4.69, 9.17) is 11.6 Å². The van der Waals surface area contributed by atoms with E-state index >= 15 is 0 Å². The number of nitrogens with zero attached hydrogens (tertiary/aromatic N) is 3. The van der Waals surface area contributed by atoms with Crippen LogP contribution in [0.25, 0.3) is 0 Å². The van der Waals surface area contributed by atoms with Gasteiger partial charge in [-0.3, -0.25) is 5.01 Å². The summed E-state index contributed by atoms with van der Waals surface area (Å²) >= 11 is 5.63. The molecule has 0 spiro atoms. The summed E-state index contributed by atoms with van der Waals surface area (Å²) in [6.07, 6.45) is 4.24. The summed E-state index contributed by atoms with van der Waals surface area (Å²) in [7, 11) is 0.00139. The molecule has 0 saturated carbocycles. The van der Waals surface area contributed by atoms with Crippen LogP contribution < -0.4 is 0 Å². The van der Waals surface area contributed by atoms with Crippen LogP contribution in [0.5, 0.6) is 0 Å². The van der Waals surface area contributed by atoms with E-state index in [0.717, 1.165) is 25.7 Å². The first-order chi connectivity index (χ1) is 9.27. The number of unbranched alkanes of at least 4 members (excludes halogenated alkanes) is 3. The Hall–Kier alpha value is -0.330. The standard InChI is InChI=1S/C13H28ClN3O2S/c1-6-7-8-9-10-17(5)20(18,19)13(3)12(2)15-16(4)11-14/h13H,6-11H2,1-5H3/b15-12-. The Labute approximate surface area is 129 Å². The van der Waals surface area contributed by atoms with Crippen LogP contribution in [0.2, 0.25) is 0 Å². The van der Waals surface area contributed by atoms with E-state index in [0.29, 0.717) is 12.3 Å². The van der Waals surface area contributed by atoms with Crippen LogP contribution in [0, 0.1) is 0 Å². The van der Waals surface area contributed by atoms with Crippen LogP contribution in [0.4, 0.5) is 0 Å². The summed E-state index contributed by atoms with van der Waals surface area (Å²) in [6, 6.07) is 0.233. The molecule has 0 rings (SSSR count). The minimum Gasteiger partial charge on any atom is -0.285 e. The third kappa shape index (κ3) is 6.41. The van der Waals surface area contributed by atoms with E-state index < -0.39 is 15.3 Å². The highest BCUT2D eigenvalue weighted by molar-refractivity contribution is 7.90. The smallest absolute Gasteiger partial charge is 0.221 e. The van der Waals surface area contributed by atoms with E-state index in [-0.39, 0.29) is 6.00 Å². The van der Waals surface area contributed by atoms with Crippen molar-refractivity contribution in [2.24, 2.45) is 5.10 Å². The summed E-state index contributed by atoms with van der Waals surface area (Å²) in [5.41, 5.74) is 0.550. The molecule has 0 radical (unpaired) electrons. The van der Waals surface area contributed by atoms with E-state index in [2.05, 4.69) is 12.0 Å². The monoisotopic (exact) mass is 325 g/mol. The van der Waals surface area contributed by atoms with E-state index in [9.17, 15) is 8.42 Å². The zero-order valence-corrected chi connectivity index (χ0v) is 14.8. The molecule has 0 aromatic carbocycles. The van der Waals surface area contributed by atoms with Gasteiger partial charge in [-0.2, -0.15) is 5.10 Å². The van der Waals surface area contributed by atoms with Crippen molar-refractivity contribution in [3.8, 4) is 0 Å². The molecule has 0 aliphatic rings. The molecule has 0 N–H and O–H groups in total. The fourth-order valence-corrected chi connectivity index (χ4v) is 3.21. The molecule has 0 aromatic rings. The lowest BCUT2D eigenvalue weighted by atomic mass is 10.2. The van der Waals surface area contributed by atoms with Crippen molar-refractivity contribution in [1.82, 2.24) is 9.31 Å². The van der Waals surface area contributed by atoms with Crippen molar-refractivity contribution in [2.75, 3.05) is 26.6 Å². The number of alkyl halides is 1. The fourth-order valence-electron chi connectivity index (χ4n) is 1.75. The summed E-state index contributed by atoms with van der Waals surface area (Å²) in [6.45, 7) is 6.08. The average Bonchev–Trinajstić information content (AvgIpc) is 2.41. The normalized spacial score (nSPS) is 14.7. The van der Waals surface area contributed by atoms with Gasteiger partial charge in [0.2, 0.25) is 10.0 Å². The zero-order valence-electron chi connectivity index (χ0n) is 13.3. The Morgan fingerprint density at radius 3 is 2.35 bits per heavy atom. The lowest BCUT2D eigenvalue weighted by molar-refractivity contribution is 0.413. The fraction of sp³-hybridized carbons (Fsp3) is 0.923. The molecule has 1 unspecified atom stereocenters. The van der Waals surface area contributed by atoms with Crippen LogP contribution >= 0.6 is 11.6 Å². The molecule has 0 fully saturated rings. The highest BCUT2D eigenvalue weighted by atomic mass is 35.5. The van der Waals surface area contributed by atoms with Gasteiger partial charge in [0.1, 0.15) is 11.3 Å². The highest BCUT2D eigenvalue weighted by Gasteiger charge is 2.28. The Bertz CT molecular complexity index is 398. The Morgan fingerprint density at radius 1 is 1.25 bits per heavy atom. The van der Waals surface area contributed by atoms with Crippen LogP contribution in [0.3, 0.4) is 0 Å². The zero-order chi connectivity index (χ0) is 15.8. The van der Waals surface area contributed by atoms with E-state index in [1.807, 2.05) is 0 Å². The first kappa shape index (κ1) is 19.7. The Balaban J connectivity index is 4.64. The maximum atomic E-state index is 12.4. The van der Waals surface area contributed by atoms with Crippen molar-refractivity contribution < 1.29 is 8.42 Å². The number of rotatable bonds is 10. The first-order valence-electron chi connectivity index (χ1n) is 7.04. The SMILES string of the molecule is CCCCCCN(C)S(=O)(=O)C(C)/C(C)=N\N(C)CCl. The van der Waals surface area contributed by atoms with Crippen LogP contribution in [-0.4, -0.2) is 55.3 Å². The molecule has 0 saturated heterocycles. The second-order valence-electron chi connectivity index (χ2n) is 5.09. The molecule has 0 aliphatic carbocycles. The summed E-state index contributed by atoms with van der Waals surface area (Å²) in [4.78, 5) is 0. The molecular weight excluding hydrogens is 298 g/mol. The molecule has 120 valence electrons. The van der Waals surface area contributed by atoms with Gasteiger partial charge in [-0.25, -0.2) is 12.7 Å². The second kappa shape index (κ2) is 9.58. The third-order valence-corrected chi connectivity index (χ3v) is 5.93. The summed E-state index contributed by atoms with van der Waals surface area (Å²) < 4.78 is 26.2. The predicted octanol–water partition coefficient (Wildman–Crippen LogP) is 2.72. The number of halogens is 1. The quantitative estimate of drug-likeness (QED) is 0.204. The van der Waals surface area contributed by atoms with Crippen molar-refractivity contribution in [3.05, 3.63) is 0 Å². The van der Waals surface area contributed by atoms with Gasteiger partial charge in [0, 0.05) is 20.6 Å². The molecule has 20 heavy (non-hydrogen) atoms. The maximum absolute atomic E-state index is 12.4. The lowest BCUT2D eigenvalue weighted by Gasteiger charge is -2.22. The Morgan fingerprint density at radius 2 is 1.85 bits per heavy atom. The maximum Gasteiger partial charge on any atom is 0.221 e. The molecule has 0 aliphatic heterocycles. The molecule has 0 bridgehead atoms. The van der Waals surface area contributed by atoms with Crippen LogP contribution in [0.1, 0.15) is 46.5 Å². The highest BCUT2D eigenvalue weighted by Crippen LogP contribution is 2.11. The first-order valence-corrected chi connectivity index (χ1v) is 9.08. The number of hydrazone groups is 1. The van der Waals surface area contributed by atoms with Crippen LogP contribution in [0.15, 0.2) is 5.10 Å². The lowest BCUT2D eigenvalue weighted by Crippen LogP contribution is -2.39. The number of hydrogen-bond acceptors (Lipinski definition) is 4. The minimum atomic E-state index is -3.35. The van der Waals surface area contributed by atoms with E-state index in [1.165, 1.54) is 9.31 Å². The van der Waals surface area contributed by atoms with Crippen molar-refractivity contribution in [3.63, 3.8) is 0 Å². The molecular formula is C13H28ClN3O2S. The summed E-state index contributed by atoms with van der Waals surface area (Å²) in [5, 5.41) is 5.05. The van der Waals surface area contributed by atoms with Crippen molar-refractivity contribution in [2.45, 2.75) is 51.7 Å². The van der Waals surface area contributed by atoms with Gasteiger partial charge in [0.25, 0.3) is 0 Å². The Kier molecular flexibility index (Phi) is 9.42. The van der Waals surface area contributed by atoms with Crippen molar-refractivity contribution in [1.29, 1.82) is 0 Å². The largest absolute Gasteiger partial charge is 0.285 e. The number of sulfonamides is 1. The van der Waals surface area contributed by atoms with Gasteiger partial charge in [-0.05, 0) is 20.3 Å². The van der Waals surface area contributed by atoms with Gasteiger partial charge in [-0.1, -0.05) is 26.2 Å². The van der Waals surface area contributed by atoms with Gasteiger partial charge in [0.15, 0.2) is 0 Å². The minimum absolute atomic E-state index is 0.233. The van der Waals surface area contributed by atoms with Gasteiger partial charge < -0.3 is 0 Å². The van der Waals surface area contributed by atoms with Crippen LogP contribution in [-0.2, 0) is 10.0 Å². The van der Waals surface area contributed by atoms with Gasteiger partial charge in [0.05, 0.1) is 5.71 Å². The molecule has 1 atom stereocenters. The molecule has 0 amide bonds. The summed E-state index contributed by atoms with van der Waals surface area (Å²) in [5.74, 6) is 0.